The number of halogens is 6. The van der Waals surface area contributed by atoms with Crippen LogP contribution in [-0.2, 0) is 4.79 Å². The Morgan fingerprint density at radius 2 is 0.969 bits per heavy atom. The fourth-order valence-corrected chi connectivity index (χ4v) is 4.95. The topological polar surface area (TPSA) is 17.1 Å². The van der Waals surface area contributed by atoms with Crippen molar-refractivity contribution in [3.8, 4) is 0 Å². The molecule has 0 heterocycles. The van der Waals surface area contributed by atoms with Crippen molar-refractivity contribution >= 4 is 5.78 Å². The van der Waals surface area contributed by atoms with Gasteiger partial charge >= 0.3 is 0 Å². The van der Waals surface area contributed by atoms with Crippen LogP contribution in [-0.4, -0.2) is 5.78 Å². The highest BCUT2D eigenvalue weighted by molar-refractivity contribution is 5.80. The summed E-state index contributed by atoms with van der Waals surface area (Å²) in [5, 5.41) is 0. The number of hydrogen-bond acceptors (Lipinski definition) is 1. The van der Waals surface area contributed by atoms with Gasteiger partial charge in [-0.15, -0.1) is 0 Å². The van der Waals surface area contributed by atoms with Gasteiger partial charge in [-0.05, 0) is 84.7 Å². The molecule has 0 unspecified atom stereocenters. The highest BCUT2D eigenvalue weighted by Gasteiger charge is 2.35. The lowest BCUT2D eigenvalue weighted by Gasteiger charge is -2.36. The lowest BCUT2D eigenvalue weighted by Crippen LogP contribution is -2.26. The predicted molar refractivity (Wildman–Crippen MR) is 107 cm³/mol. The summed E-state index contributed by atoms with van der Waals surface area (Å²) < 4.78 is 82.1. The molecule has 2 aromatic rings. The van der Waals surface area contributed by atoms with Gasteiger partial charge in [0.15, 0.2) is 34.9 Å². The zero-order valence-corrected chi connectivity index (χ0v) is 17.5. The summed E-state index contributed by atoms with van der Waals surface area (Å²) in [6.07, 6.45) is 5.12. The van der Waals surface area contributed by atoms with Gasteiger partial charge in [-0.1, -0.05) is 12.8 Å². The van der Waals surface area contributed by atoms with E-state index >= 15 is 0 Å². The Labute approximate surface area is 182 Å². The molecule has 0 saturated heterocycles. The molecule has 172 valence electrons. The highest BCUT2D eigenvalue weighted by atomic mass is 19.2. The lowest BCUT2D eigenvalue weighted by molar-refractivity contribution is -0.120. The van der Waals surface area contributed by atoms with Crippen molar-refractivity contribution in [3.63, 3.8) is 0 Å². The van der Waals surface area contributed by atoms with Crippen LogP contribution in [0.25, 0.3) is 0 Å². The molecule has 0 N–H and O–H groups in total. The molecule has 2 aliphatic carbocycles. The summed E-state index contributed by atoms with van der Waals surface area (Å²) in [5.74, 6) is -9.23. The van der Waals surface area contributed by atoms with E-state index in [1.54, 1.807) is 0 Å². The lowest BCUT2D eigenvalue weighted by atomic mass is 9.68. The second-order valence-corrected chi connectivity index (χ2v) is 9.14. The molecule has 0 aromatic heterocycles. The first kappa shape index (κ1) is 22.9. The molecule has 0 radical (unpaired) electrons. The van der Waals surface area contributed by atoms with Crippen LogP contribution in [0.1, 0.15) is 74.3 Å². The minimum atomic E-state index is -1.54. The Bertz CT molecular complexity index is 886. The first-order valence-electron chi connectivity index (χ1n) is 11.0. The van der Waals surface area contributed by atoms with Crippen molar-refractivity contribution in [1.29, 1.82) is 0 Å². The van der Waals surface area contributed by atoms with E-state index in [9.17, 15) is 31.1 Å². The van der Waals surface area contributed by atoms with Crippen LogP contribution in [0.15, 0.2) is 24.3 Å². The van der Waals surface area contributed by atoms with Gasteiger partial charge in [0.25, 0.3) is 0 Å². The Kier molecular flexibility index (Phi) is 6.63. The van der Waals surface area contributed by atoms with Crippen LogP contribution < -0.4 is 0 Å². The predicted octanol–water partition coefficient (Wildman–Crippen LogP) is 7.34. The van der Waals surface area contributed by atoms with Crippen LogP contribution >= 0.6 is 0 Å². The normalized spacial score (nSPS) is 18.7. The number of benzene rings is 2. The quantitative estimate of drug-likeness (QED) is 0.301. The smallest absolute Gasteiger partial charge is 0.194 e. The van der Waals surface area contributed by atoms with Crippen molar-refractivity contribution < 1.29 is 31.1 Å². The van der Waals surface area contributed by atoms with E-state index in [1.807, 2.05) is 0 Å². The van der Waals surface area contributed by atoms with Crippen molar-refractivity contribution in [1.82, 2.24) is 0 Å². The molecule has 0 amide bonds. The molecule has 1 nitrogen and oxygen atoms in total. The maximum absolute atomic E-state index is 13.8. The highest BCUT2D eigenvalue weighted by Crippen LogP contribution is 2.45. The van der Waals surface area contributed by atoms with Gasteiger partial charge in [0.05, 0.1) is 0 Å². The largest absolute Gasteiger partial charge is 0.300 e. The van der Waals surface area contributed by atoms with Crippen molar-refractivity contribution in [2.75, 3.05) is 0 Å². The maximum Gasteiger partial charge on any atom is 0.194 e. The molecule has 2 aromatic carbocycles. The Hall–Kier alpha value is -2.31. The number of Topliss-reactive ketones (excluding diaryl/α,β-unsaturated/α-hetero) is 1. The molecule has 4 rings (SSSR count). The third-order valence-corrected chi connectivity index (χ3v) is 7.20. The van der Waals surface area contributed by atoms with Crippen LogP contribution in [0.3, 0.4) is 0 Å². The van der Waals surface area contributed by atoms with Gasteiger partial charge in [0.1, 0.15) is 5.78 Å². The molecule has 0 spiro atoms. The number of carbonyl (C=O) groups is 1. The monoisotopic (exact) mass is 454 g/mol. The number of rotatable bonds is 8. The molecular formula is C25H24F6O. The molecule has 0 aliphatic heterocycles. The van der Waals surface area contributed by atoms with Gasteiger partial charge < -0.3 is 0 Å². The molecule has 2 aliphatic rings. The van der Waals surface area contributed by atoms with E-state index < -0.39 is 46.7 Å². The minimum Gasteiger partial charge on any atom is -0.300 e. The van der Waals surface area contributed by atoms with Crippen LogP contribution in [0.2, 0.25) is 0 Å². The van der Waals surface area contributed by atoms with Crippen LogP contribution in [0.4, 0.5) is 26.3 Å². The second-order valence-electron chi connectivity index (χ2n) is 9.14. The second kappa shape index (κ2) is 9.28. The summed E-state index contributed by atoms with van der Waals surface area (Å²) in [7, 11) is 0. The summed E-state index contributed by atoms with van der Waals surface area (Å²) >= 11 is 0. The Morgan fingerprint density at radius 1 is 0.656 bits per heavy atom. The fourth-order valence-electron chi connectivity index (χ4n) is 4.95. The van der Waals surface area contributed by atoms with Crippen LogP contribution in [0.5, 0.6) is 0 Å². The minimum absolute atomic E-state index is 0.00452. The van der Waals surface area contributed by atoms with E-state index in [2.05, 4.69) is 0 Å². The molecule has 0 bridgehead atoms. The van der Waals surface area contributed by atoms with Gasteiger partial charge in [-0.2, -0.15) is 0 Å². The van der Waals surface area contributed by atoms with E-state index in [1.165, 1.54) is 0 Å². The summed E-state index contributed by atoms with van der Waals surface area (Å²) in [6.45, 7) is 0. The van der Waals surface area contributed by atoms with Gasteiger partial charge in [-0.25, -0.2) is 26.3 Å². The average Bonchev–Trinajstić information content (AvgIpc) is 2.65. The molecule has 2 fully saturated rings. The van der Waals surface area contributed by atoms with Gasteiger partial charge in [0, 0.05) is 12.8 Å². The van der Waals surface area contributed by atoms with E-state index in [4.69, 9.17) is 0 Å². The average molecular weight is 454 g/mol. The maximum atomic E-state index is 13.8. The summed E-state index contributed by atoms with van der Waals surface area (Å²) in [4.78, 5) is 13.0. The summed E-state index contributed by atoms with van der Waals surface area (Å²) in [5.41, 5.74) is 0.497. The standard InChI is InChI=1S/C25H24F6O/c26-20-7-15(8-21(27)24(20)30)18(13-3-1-4-13)11-17(32)12-19(14-5-2-6-14)16-9-22(28)25(31)23(29)10-16/h7-10,13-14,18-19H,1-6,11-12H2/t18-,19-/m1/s1. The van der Waals surface area contributed by atoms with Crippen LogP contribution in [0, 0.1) is 46.7 Å². The van der Waals surface area contributed by atoms with Gasteiger partial charge in [0.2, 0.25) is 0 Å². The van der Waals surface area contributed by atoms with E-state index in [0.29, 0.717) is 0 Å². The van der Waals surface area contributed by atoms with E-state index in [0.717, 1.165) is 62.8 Å². The van der Waals surface area contributed by atoms with Crippen molar-refractivity contribution in [2.45, 2.75) is 63.2 Å². The first-order chi connectivity index (χ1) is 15.2. The number of hydrogen-bond donors (Lipinski definition) is 0. The number of ketones is 1. The zero-order chi connectivity index (χ0) is 23.0. The molecule has 2 atom stereocenters. The molecule has 7 heteroatoms. The number of carbonyl (C=O) groups excluding carboxylic acids is 1. The SMILES string of the molecule is O=C(C[C@@H](c1cc(F)c(F)c(F)c1)C1CCC1)C[C@@H](c1cc(F)c(F)c(F)c1)C1CCC1. The fraction of sp³-hybridized carbons (Fsp3) is 0.480. The first-order valence-corrected chi connectivity index (χ1v) is 11.0. The summed E-state index contributed by atoms with van der Waals surface area (Å²) in [6, 6.07) is 3.79. The van der Waals surface area contributed by atoms with Gasteiger partial charge in [-0.3, -0.25) is 4.79 Å². The van der Waals surface area contributed by atoms with Crippen molar-refractivity contribution in [2.24, 2.45) is 11.8 Å². The molecule has 2 saturated carbocycles. The third-order valence-electron chi connectivity index (χ3n) is 7.20. The molecular weight excluding hydrogens is 430 g/mol. The Balaban J connectivity index is 1.56. The molecule has 32 heavy (non-hydrogen) atoms. The third kappa shape index (κ3) is 4.57. The zero-order valence-electron chi connectivity index (χ0n) is 17.5. The Morgan fingerprint density at radius 3 is 1.22 bits per heavy atom. The van der Waals surface area contributed by atoms with E-state index in [-0.39, 0.29) is 41.6 Å². The van der Waals surface area contributed by atoms with Crippen molar-refractivity contribution in [3.05, 3.63) is 70.3 Å².